The lowest BCUT2D eigenvalue weighted by molar-refractivity contribution is 0.0682. The minimum Gasteiger partial charge on any atom is -0.493 e. The van der Waals surface area contributed by atoms with E-state index in [2.05, 4.69) is 62.9 Å². The molecule has 36 nitrogen and oxygen atoms in total. The molecule has 0 fully saturated rings. The topological polar surface area (TPSA) is 544 Å². The monoisotopic (exact) mass is 1310 g/mol. The highest BCUT2D eigenvalue weighted by atomic mass is 16.4. The van der Waals surface area contributed by atoms with E-state index in [4.69, 9.17) is 13.1 Å². The predicted molar refractivity (Wildman–Crippen MR) is 326 cm³/mol. The number of carboxylic acid groups (broad SMARTS) is 6. The lowest BCUT2D eigenvalue weighted by Gasteiger charge is -2.18. The number of benzene rings is 4. The van der Waals surface area contributed by atoms with Crippen LogP contribution in [-0.2, 0) is 13.1 Å². The fourth-order valence-electron chi connectivity index (χ4n) is 8.95. The van der Waals surface area contributed by atoms with E-state index in [1.165, 1.54) is 13.8 Å². The number of amides is 3. The van der Waals surface area contributed by atoms with Crippen molar-refractivity contribution < 1.29 is 89.1 Å². The second-order valence-corrected chi connectivity index (χ2v) is 19.7. The Morgan fingerprint density at radius 2 is 0.854 bits per heavy atom. The van der Waals surface area contributed by atoms with Crippen LogP contribution in [-0.4, -0.2) is 126 Å². The molecule has 3 amide bonds. The van der Waals surface area contributed by atoms with Gasteiger partial charge in [-0.05, 0) is 105 Å². The van der Waals surface area contributed by atoms with Crippen LogP contribution in [0.1, 0.15) is 115 Å². The highest BCUT2D eigenvalue weighted by molar-refractivity contribution is 6.10. The maximum Gasteiger partial charge on any atom is 0.337 e. The molecule has 12 N–H and O–H groups in total. The number of nitrogens with zero attached hydrogens (tertiary/aromatic N) is 12. The first-order valence-corrected chi connectivity index (χ1v) is 26.7. The van der Waals surface area contributed by atoms with Gasteiger partial charge in [-0.25, -0.2) is 43.0 Å². The van der Waals surface area contributed by atoms with Gasteiger partial charge in [0.25, 0.3) is 45.8 Å². The molecule has 0 bridgehead atoms. The van der Waals surface area contributed by atoms with Gasteiger partial charge in [-0.3, -0.25) is 37.9 Å². The van der Waals surface area contributed by atoms with Crippen molar-refractivity contribution in [2.75, 3.05) is 13.1 Å². The number of hydrogen-bond acceptors (Lipinski definition) is 22. The Labute approximate surface area is 534 Å². The molecule has 7 rings (SSSR count). The molecule has 0 atom stereocenters. The molecule has 4 aromatic carbocycles. The number of carboxylic acids is 6. The quantitative estimate of drug-likeness (QED) is 0.0220. The molecule has 96 heavy (non-hydrogen) atoms. The third-order valence-corrected chi connectivity index (χ3v) is 13.9. The second kappa shape index (κ2) is 28.5. The average Bonchev–Trinajstić information content (AvgIpc) is 0.784. The van der Waals surface area contributed by atoms with Gasteiger partial charge >= 0.3 is 35.8 Å². The largest absolute Gasteiger partial charge is 0.493 e. The number of azo groups is 3. The van der Waals surface area contributed by atoms with Crippen LogP contribution >= 0.6 is 0 Å². The van der Waals surface area contributed by atoms with Gasteiger partial charge in [-0.1, -0.05) is 6.58 Å². The third-order valence-electron chi connectivity index (χ3n) is 13.9. The lowest BCUT2D eigenvalue weighted by Crippen LogP contribution is -2.35. The lowest BCUT2D eigenvalue weighted by atomic mass is 10.0. The van der Waals surface area contributed by atoms with Gasteiger partial charge in [0.05, 0.1) is 57.7 Å². The molecular weight excluding hydrogens is 1270 g/mol. The molecule has 0 radical (unpaired) electrons. The highest BCUT2D eigenvalue weighted by Gasteiger charge is 2.28. The van der Waals surface area contributed by atoms with E-state index < -0.39 is 221 Å². The van der Waals surface area contributed by atoms with Crippen LogP contribution in [0.15, 0.2) is 124 Å². The Kier molecular flexibility index (Phi) is 20.4. The number of hydrogen-bond donors (Lipinski definition) is 12. The second-order valence-electron chi connectivity index (χ2n) is 19.7. The molecule has 0 spiro atoms. The van der Waals surface area contributed by atoms with Crippen LogP contribution in [0, 0.1) is 45.2 Å². The summed E-state index contributed by atoms with van der Waals surface area (Å²) in [4.78, 5) is 161. The van der Waals surface area contributed by atoms with Crippen molar-refractivity contribution in [2.24, 2.45) is 30.7 Å². The highest BCUT2D eigenvalue weighted by Crippen LogP contribution is 2.39. The first-order chi connectivity index (χ1) is 45.4. The molecule has 7 aromatic rings. The van der Waals surface area contributed by atoms with Gasteiger partial charge in [-0.2, -0.15) is 5.26 Å². The third kappa shape index (κ3) is 14.0. The average molecular weight is 1310 g/mol. The normalized spacial score (nSPS) is 11.0. The molecule has 0 saturated heterocycles. The minimum atomic E-state index is -1.59. The summed E-state index contributed by atoms with van der Waals surface area (Å²) >= 11 is 0. The van der Waals surface area contributed by atoms with Crippen molar-refractivity contribution in [2.45, 2.75) is 33.9 Å². The van der Waals surface area contributed by atoms with E-state index >= 15 is 0 Å². The summed E-state index contributed by atoms with van der Waals surface area (Å²) in [6.07, 6.45) is 0. The number of aromatic hydroxyl groups is 3. The molecule has 3 aromatic heterocycles. The Bertz CT molecular complexity index is 5060. The van der Waals surface area contributed by atoms with Gasteiger partial charge in [0.15, 0.2) is 5.69 Å². The van der Waals surface area contributed by atoms with E-state index in [1.807, 2.05) is 0 Å². The van der Waals surface area contributed by atoms with Crippen molar-refractivity contribution in [3.63, 3.8) is 0 Å². The number of aromatic carboxylic acids is 6. The van der Waals surface area contributed by atoms with Gasteiger partial charge in [0.2, 0.25) is 17.6 Å². The smallest absolute Gasteiger partial charge is 0.337 e. The maximum absolute atomic E-state index is 14.6. The first-order valence-electron chi connectivity index (χ1n) is 26.7. The number of pyridine rings is 3. The predicted octanol–water partition coefficient (Wildman–Crippen LogP) is 7.34. The summed E-state index contributed by atoms with van der Waals surface area (Å²) in [5, 5.41) is 132. The number of carbonyl (C=O) groups is 9. The zero-order valence-corrected chi connectivity index (χ0v) is 49.3. The van der Waals surface area contributed by atoms with Crippen molar-refractivity contribution >= 4 is 105 Å². The van der Waals surface area contributed by atoms with Gasteiger partial charge < -0.3 is 61.9 Å². The summed E-state index contributed by atoms with van der Waals surface area (Å²) in [7, 11) is 0. The standard InChI is InChI=1S/C60H43N15O21/c1-24-37(23-61)49(79)73(51(81)43(24)70-67-38-20-29(55(85)86)8-12-33(38)58(91)92)17-15-64-46(76)28-7-11-32(47(77)65-16-18-74-50(80)41(62-5)25(2)44(52(74)82)71-68-39-21-30(56(87)88)9-13-34(39)59(93)94)36(19-28)48(78)66-27(4)75-53(83)42(63-6)26(3)45(54(75)84)72-69-40-22-31(57(89)90)10-14-35(40)60(95)96/h7-14,19-22,81-82,84H,4,15-18H2,1-3H3,(H,64,76)(H,65,77)(H,66,78)(H,85,86)(H,87,88)(H,89,90)(H,91,92)(H,93,94)(H,95,96). The first kappa shape index (κ1) is 68.9. The van der Waals surface area contributed by atoms with Crippen LogP contribution in [0.2, 0.25) is 0 Å². The van der Waals surface area contributed by atoms with Gasteiger partial charge in [-0.15, -0.1) is 30.7 Å². The number of carbonyl (C=O) groups excluding carboxylic acids is 3. The summed E-state index contributed by atoms with van der Waals surface area (Å²) < 4.78 is 1.36. The SMILES string of the molecule is [C-]#[N+]c1c(C)c(N=Nc2cc(C(=O)O)ccc2C(=O)O)c(O)n(CCNC(=O)c2ccc(C(=O)NCCn3c(O)c(N=Nc4cc(C(=O)O)ccc4C(=O)O)c(C)c(C#N)c3=O)cc2C(=O)NC(=C)n2c(O)c(N=Nc3cc(C(=O)O)ccc3C(=O)O)c(C)c([N+]#[C-])c2=O)c1=O. The summed E-state index contributed by atoms with van der Waals surface area (Å²) in [6.45, 7) is 19.9. The number of aromatic nitrogens is 3. The van der Waals surface area contributed by atoms with Crippen LogP contribution in [0.25, 0.3) is 15.5 Å². The summed E-state index contributed by atoms with van der Waals surface area (Å²) in [5.74, 6) is -16.9. The van der Waals surface area contributed by atoms with Crippen LogP contribution < -0.4 is 32.6 Å². The molecule has 0 aliphatic heterocycles. The molecule has 484 valence electrons. The molecule has 3 heterocycles. The Morgan fingerprint density at radius 1 is 0.479 bits per heavy atom. The van der Waals surface area contributed by atoms with Crippen molar-refractivity contribution in [1.29, 1.82) is 5.26 Å². The zero-order valence-electron chi connectivity index (χ0n) is 49.3. The van der Waals surface area contributed by atoms with E-state index in [0.717, 1.165) is 79.7 Å². The molecule has 36 heteroatoms. The van der Waals surface area contributed by atoms with Crippen molar-refractivity contribution in [3.8, 4) is 23.7 Å². The number of nitriles is 1. The van der Waals surface area contributed by atoms with Crippen LogP contribution in [0.5, 0.6) is 17.6 Å². The summed E-state index contributed by atoms with van der Waals surface area (Å²) in [5.41, 5.74) is -14.8. The fourth-order valence-corrected chi connectivity index (χ4v) is 8.95. The molecule has 0 aliphatic rings. The fraction of sp³-hybridized carbons (Fsp3) is 0.117. The minimum absolute atomic E-state index is 0.237. The van der Waals surface area contributed by atoms with E-state index in [9.17, 15) is 109 Å². The zero-order chi connectivity index (χ0) is 70.9. The van der Waals surface area contributed by atoms with Gasteiger partial charge in [0.1, 0.15) is 45.9 Å². The van der Waals surface area contributed by atoms with Crippen LogP contribution in [0.3, 0.4) is 0 Å². The van der Waals surface area contributed by atoms with E-state index in [1.54, 1.807) is 6.07 Å². The van der Waals surface area contributed by atoms with E-state index in [-0.39, 0.29) is 21.3 Å². The number of rotatable bonds is 23. The van der Waals surface area contributed by atoms with Gasteiger partial charge in [0, 0.05) is 37.3 Å². The Hall–Kier alpha value is -14.6. The molecule has 0 unspecified atom stereocenters. The molecular formula is C60H43N15O21. The Morgan fingerprint density at radius 3 is 1.26 bits per heavy atom. The van der Waals surface area contributed by atoms with E-state index in [0.29, 0.717) is 9.13 Å². The molecule has 0 aliphatic carbocycles. The molecule has 0 saturated carbocycles. The maximum atomic E-state index is 14.6. The Balaban J connectivity index is 1.25. The van der Waals surface area contributed by atoms with Crippen molar-refractivity contribution in [1.82, 2.24) is 29.7 Å². The summed E-state index contributed by atoms with van der Waals surface area (Å²) in [6, 6.07) is 12.5. The van der Waals surface area contributed by atoms with Crippen molar-refractivity contribution in [3.05, 3.63) is 206 Å². The van der Waals surface area contributed by atoms with Crippen LogP contribution in [0.4, 0.5) is 45.5 Å². The number of nitrogens with one attached hydrogen (secondary N) is 3.